The monoisotopic (exact) mass is 397 g/mol. The van der Waals surface area contributed by atoms with Gasteiger partial charge in [0, 0.05) is 49.9 Å². The van der Waals surface area contributed by atoms with Crippen molar-refractivity contribution in [1.29, 1.82) is 0 Å². The first kappa shape index (κ1) is 20.0. The summed E-state index contributed by atoms with van der Waals surface area (Å²) in [5, 5.41) is 0. The Balaban J connectivity index is 1.38. The van der Waals surface area contributed by atoms with Gasteiger partial charge in [-0.25, -0.2) is 4.39 Å². The third kappa shape index (κ3) is 5.40. The Labute approximate surface area is 171 Å². The highest BCUT2D eigenvalue weighted by atomic mass is 19.1. The number of aromatic nitrogens is 1. The number of hydrogen-bond acceptors (Lipinski definition) is 4. The molecule has 2 aliphatic heterocycles. The minimum atomic E-state index is -0.223. The van der Waals surface area contributed by atoms with E-state index in [0.717, 1.165) is 56.0 Å². The molecule has 5 nitrogen and oxygen atoms in total. The minimum absolute atomic E-state index is 0.207. The van der Waals surface area contributed by atoms with E-state index in [-0.39, 0.29) is 17.6 Å². The molecular weight excluding hydrogens is 369 g/mol. The zero-order chi connectivity index (χ0) is 20.1. The van der Waals surface area contributed by atoms with E-state index in [1.807, 2.05) is 17.0 Å². The molecule has 0 radical (unpaired) electrons. The summed E-state index contributed by atoms with van der Waals surface area (Å²) in [6.45, 7) is 5.12. The Hall–Kier alpha value is -2.31. The lowest BCUT2D eigenvalue weighted by molar-refractivity contribution is -0.134. The number of morpholine rings is 1. The second-order valence-electron chi connectivity index (χ2n) is 7.92. The molecule has 0 aliphatic carbocycles. The van der Waals surface area contributed by atoms with Crippen LogP contribution in [0.3, 0.4) is 0 Å². The first-order valence-electron chi connectivity index (χ1n) is 10.5. The lowest BCUT2D eigenvalue weighted by Crippen LogP contribution is -2.47. The Kier molecular flexibility index (Phi) is 6.52. The maximum absolute atomic E-state index is 13.1. The van der Waals surface area contributed by atoms with Crippen LogP contribution in [0.2, 0.25) is 0 Å². The van der Waals surface area contributed by atoms with Crippen LogP contribution in [-0.2, 0) is 16.0 Å². The molecule has 154 valence electrons. The number of pyridine rings is 1. The van der Waals surface area contributed by atoms with Crippen molar-refractivity contribution >= 4 is 5.91 Å². The summed E-state index contributed by atoms with van der Waals surface area (Å²) >= 11 is 0. The third-order valence-corrected chi connectivity index (χ3v) is 5.78. The van der Waals surface area contributed by atoms with Crippen LogP contribution in [0.4, 0.5) is 4.39 Å². The molecule has 2 aromatic rings. The fourth-order valence-corrected chi connectivity index (χ4v) is 4.13. The molecule has 0 spiro atoms. The van der Waals surface area contributed by atoms with Crippen LogP contribution in [-0.4, -0.2) is 66.6 Å². The summed E-state index contributed by atoms with van der Waals surface area (Å²) in [7, 11) is 0. The van der Waals surface area contributed by atoms with E-state index in [9.17, 15) is 9.18 Å². The van der Waals surface area contributed by atoms with Gasteiger partial charge in [0.25, 0.3) is 0 Å². The molecule has 0 bridgehead atoms. The molecule has 2 aliphatic rings. The molecule has 29 heavy (non-hydrogen) atoms. The quantitative estimate of drug-likeness (QED) is 0.778. The SMILES string of the molecule is O=C(CN1CCOCC1)N1CCC[C@H](c2cccc(Cc3ccc(F)cc3)n2)C1. The number of halogens is 1. The predicted octanol–water partition coefficient (Wildman–Crippen LogP) is 2.85. The molecule has 0 N–H and O–H groups in total. The van der Waals surface area contributed by atoms with Crippen LogP contribution in [0.25, 0.3) is 0 Å². The van der Waals surface area contributed by atoms with E-state index in [2.05, 4.69) is 11.0 Å². The Morgan fingerprint density at radius 2 is 1.90 bits per heavy atom. The van der Waals surface area contributed by atoms with E-state index in [1.165, 1.54) is 12.1 Å². The Bertz CT molecular complexity index is 821. The van der Waals surface area contributed by atoms with E-state index in [4.69, 9.17) is 9.72 Å². The average molecular weight is 397 g/mol. The maximum Gasteiger partial charge on any atom is 0.236 e. The van der Waals surface area contributed by atoms with Gasteiger partial charge in [-0.3, -0.25) is 14.7 Å². The highest BCUT2D eigenvalue weighted by molar-refractivity contribution is 5.78. The van der Waals surface area contributed by atoms with Gasteiger partial charge in [0.2, 0.25) is 5.91 Å². The van der Waals surface area contributed by atoms with Crippen molar-refractivity contribution in [2.45, 2.75) is 25.2 Å². The topological polar surface area (TPSA) is 45.7 Å². The lowest BCUT2D eigenvalue weighted by Gasteiger charge is -2.35. The zero-order valence-corrected chi connectivity index (χ0v) is 16.7. The summed E-state index contributed by atoms with van der Waals surface area (Å²) in [6, 6.07) is 12.7. The van der Waals surface area contributed by atoms with Crippen LogP contribution in [0.5, 0.6) is 0 Å². The van der Waals surface area contributed by atoms with Crippen LogP contribution in [0.15, 0.2) is 42.5 Å². The summed E-state index contributed by atoms with van der Waals surface area (Å²) in [4.78, 5) is 21.8. The van der Waals surface area contributed by atoms with Crippen molar-refractivity contribution in [1.82, 2.24) is 14.8 Å². The van der Waals surface area contributed by atoms with Crippen molar-refractivity contribution in [3.8, 4) is 0 Å². The molecule has 1 atom stereocenters. The number of carbonyl (C=O) groups is 1. The molecule has 1 amide bonds. The molecule has 3 heterocycles. The molecule has 1 aromatic heterocycles. The van der Waals surface area contributed by atoms with Gasteiger partial charge in [0.15, 0.2) is 0 Å². The van der Waals surface area contributed by atoms with Gasteiger partial charge in [-0.1, -0.05) is 18.2 Å². The number of piperidine rings is 1. The van der Waals surface area contributed by atoms with Crippen molar-refractivity contribution in [3.63, 3.8) is 0 Å². The highest BCUT2D eigenvalue weighted by Gasteiger charge is 2.27. The molecular formula is C23H28FN3O2. The van der Waals surface area contributed by atoms with Crippen LogP contribution >= 0.6 is 0 Å². The zero-order valence-electron chi connectivity index (χ0n) is 16.7. The van der Waals surface area contributed by atoms with Gasteiger partial charge in [-0.05, 0) is 42.7 Å². The summed E-state index contributed by atoms with van der Waals surface area (Å²) < 4.78 is 18.5. The third-order valence-electron chi connectivity index (χ3n) is 5.78. The van der Waals surface area contributed by atoms with E-state index >= 15 is 0 Å². The van der Waals surface area contributed by atoms with Crippen LogP contribution < -0.4 is 0 Å². The minimum Gasteiger partial charge on any atom is -0.379 e. The average Bonchev–Trinajstić information content (AvgIpc) is 2.76. The molecule has 2 fully saturated rings. The smallest absolute Gasteiger partial charge is 0.236 e. The summed E-state index contributed by atoms with van der Waals surface area (Å²) in [5.74, 6) is 0.254. The second-order valence-corrected chi connectivity index (χ2v) is 7.92. The molecule has 6 heteroatoms. The van der Waals surface area contributed by atoms with Crippen molar-refractivity contribution in [2.75, 3.05) is 45.9 Å². The number of benzene rings is 1. The van der Waals surface area contributed by atoms with E-state index in [1.54, 1.807) is 12.1 Å². The molecule has 2 saturated heterocycles. The summed E-state index contributed by atoms with van der Waals surface area (Å²) in [5.41, 5.74) is 3.07. The molecule has 0 saturated carbocycles. The number of carbonyl (C=O) groups excluding carboxylic acids is 1. The van der Waals surface area contributed by atoms with E-state index in [0.29, 0.717) is 26.2 Å². The first-order chi connectivity index (χ1) is 14.2. The van der Waals surface area contributed by atoms with Crippen LogP contribution in [0, 0.1) is 5.82 Å². The Morgan fingerprint density at radius 3 is 2.69 bits per heavy atom. The van der Waals surface area contributed by atoms with Crippen molar-refractivity contribution in [2.24, 2.45) is 0 Å². The Morgan fingerprint density at radius 1 is 1.10 bits per heavy atom. The van der Waals surface area contributed by atoms with Gasteiger partial charge < -0.3 is 9.64 Å². The molecule has 1 aromatic carbocycles. The number of ether oxygens (including phenoxy) is 1. The van der Waals surface area contributed by atoms with Crippen molar-refractivity contribution in [3.05, 3.63) is 65.2 Å². The first-order valence-corrected chi connectivity index (χ1v) is 10.5. The number of amides is 1. The van der Waals surface area contributed by atoms with Gasteiger partial charge in [0.1, 0.15) is 5.82 Å². The molecule has 0 unspecified atom stereocenters. The van der Waals surface area contributed by atoms with Gasteiger partial charge in [-0.2, -0.15) is 0 Å². The highest BCUT2D eigenvalue weighted by Crippen LogP contribution is 2.26. The molecule has 4 rings (SSSR count). The standard InChI is InChI=1S/C23H28FN3O2/c24-20-8-6-18(7-9-20)15-21-4-1-5-22(25-21)19-3-2-10-27(16-19)23(28)17-26-11-13-29-14-12-26/h1,4-9,19H,2-3,10-17H2/t19-/m0/s1. The lowest BCUT2D eigenvalue weighted by atomic mass is 9.93. The van der Waals surface area contributed by atoms with Crippen LogP contribution in [0.1, 0.15) is 35.7 Å². The largest absolute Gasteiger partial charge is 0.379 e. The van der Waals surface area contributed by atoms with Crippen molar-refractivity contribution < 1.29 is 13.9 Å². The summed E-state index contributed by atoms with van der Waals surface area (Å²) in [6.07, 6.45) is 2.73. The van der Waals surface area contributed by atoms with Gasteiger partial charge in [-0.15, -0.1) is 0 Å². The van der Waals surface area contributed by atoms with Gasteiger partial charge >= 0.3 is 0 Å². The second kappa shape index (κ2) is 9.46. The number of likely N-dealkylation sites (tertiary alicyclic amines) is 1. The number of rotatable bonds is 5. The van der Waals surface area contributed by atoms with Gasteiger partial charge in [0.05, 0.1) is 19.8 Å². The number of nitrogens with zero attached hydrogens (tertiary/aromatic N) is 3. The maximum atomic E-state index is 13.1. The predicted molar refractivity (Wildman–Crippen MR) is 109 cm³/mol. The fourth-order valence-electron chi connectivity index (χ4n) is 4.13. The number of hydrogen-bond donors (Lipinski definition) is 0. The fraction of sp³-hybridized carbons (Fsp3) is 0.478. The normalized spacial score (nSPS) is 20.6. The van der Waals surface area contributed by atoms with E-state index < -0.39 is 0 Å².